The molecule has 1 fully saturated rings. The molecule has 3 aromatic rings. The first-order valence-corrected chi connectivity index (χ1v) is 11.6. The molecule has 0 atom stereocenters. The Kier molecular flexibility index (Phi) is 7.04. The first-order valence-electron chi connectivity index (χ1n) is 10.6. The van der Waals surface area contributed by atoms with Crippen LogP contribution in [0.4, 0.5) is 4.39 Å². The van der Waals surface area contributed by atoms with E-state index >= 15 is 0 Å². The van der Waals surface area contributed by atoms with Gasteiger partial charge in [0.1, 0.15) is 5.82 Å². The van der Waals surface area contributed by atoms with E-state index in [1.807, 2.05) is 39.9 Å². The summed E-state index contributed by atoms with van der Waals surface area (Å²) in [5.41, 5.74) is 3.35. The van der Waals surface area contributed by atoms with E-state index in [9.17, 15) is 9.18 Å². The van der Waals surface area contributed by atoms with Gasteiger partial charge in [-0.25, -0.2) is 9.37 Å². The average molecular weight is 439 g/mol. The summed E-state index contributed by atoms with van der Waals surface area (Å²) in [5.74, 6) is 0.311. The van der Waals surface area contributed by atoms with E-state index in [4.69, 9.17) is 0 Å². The molecule has 7 heteroatoms. The van der Waals surface area contributed by atoms with Crippen LogP contribution < -0.4 is 0 Å². The monoisotopic (exact) mass is 438 g/mol. The summed E-state index contributed by atoms with van der Waals surface area (Å²) >= 11 is 1.48. The predicted molar refractivity (Wildman–Crippen MR) is 122 cm³/mol. The number of halogens is 1. The van der Waals surface area contributed by atoms with Gasteiger partial charge in [-0.15, -0.1) is 0 Å². The molecular weight excluding hydrogens is 411 g/mol. The maximum Gasteiger partial charge on any atom is 0.233 e. The maximum absolute atomic E-state index is 13.1. The van der Waals surface area contributed by atoms with Crippen molar-refractivity contribution in [3.05, 3.63) is 77.9 Å². The summed E-state index contributed by atoms with van der Waals surface area (Å²) in [7, 11) is 0. The highest BCUT2D eigenvalue weighted by atomic mass is 32.2. The van der Waals surface area contributed by atoms with Crippen LogP contribution in [0.1, 0.15) is 17.5 Å². The van der Waals surface area contributed by atoms with E-state index < -0.39 is 0 Å². The Morgan fingerprint density at radius 1 is 1.06 bits per heavy atom. The molecule has 1 saturated heterocycles. The molecule has 2 aromatic carbocycles. The molecule has 5 nitrogen and oxygen atoms in total. The number of imidazole rings is 1. The van der Waals surface area contributed by atoms with Gasteiger partial charge in [0, 0.05) is 45.1 Å². The molecule has 4 rings (SSSR count). The lowest BCUT2D eigenvalue weighted by atomic mass is 10.2. The van der Waals surface area contributed by atoms with Gasteiger partial charge in [0.2, 0.25) is 5.91 Å². The summed E-state index contributed by atoms with van der Waals surface area (Å²) in [6.07, 6.45) is 4.66. The Hall–Kier alpha value is -2.64. The number of amides is 1. The number of rotatable bonds is 6. The highest BCUT2D eigenvalue weighted by Crippen LogP contribution is 2.23. The van der Waals surface area contributed by atoms with Crippen LogP contribution in [0, 0.1) is 12.7 Å². The van der Waals surface area contributed by atoms with Crippen molar-refractivity contribution in [2.75, 3.05) is 31.9 Å². The van der Waals surface area contributed by atoms with Gasteiger partial charge in [-0.05, 0) is 42.7 Å². The molecule has 0 aliphatic carbocycles. The van der Waals surface area contributed by atoms with Gasteiger partial charge in [-0.1, -0.05) is 42.1 Å². The third-order valence-corrected chi connectivity index (χ3v) is 6.52. The Bertz CT molecular complexity index is 1020. The number of para-hydroxylation sites is 1. The second-order valence-electron chi connectivity index (χ2n) is 7.79. The quantitative estimate of drug-likeness (QED) is 0.543. The normalized spacial score (nSPS) is 15.1. The fraction of sp³-hybridized carbons (Fsp3) is 0.333. The molecule has 0 bridgehead atoms. The number of carbonyl (C=O) groups excluding carboxylic acids is 1. The highest BCUT2D eigenvalue weighted by molar-refractivity contribution is 7.99. The van der Waals surface area contributed by atoms with Gasteiger partial charge in [0.15, 0.2) is 5.16 Å². The van der Waals surface area contributed by atoms with E-state index in [-0.39, 0.29) is 11.7 Å². The highest BCUT2D eigenvalue weighted by Gasteiger charge is 2.20. The zero-order valence-electron chi connectivity index (χ0n) is 17.7. The van der Waals surface area contributed by atoms with Crippen LogP contribution in [0.3, 0.4) is 0 Å². The fourth-order valence-electron chi connectivity index (χ4n) is 3.86. The Balaban J connectivity index is 1.31. The smallest absolute Gasteiger partial charge is 0.233 e. The molecule has 0 saturated carbocycles. The summed E-state index contributed by atoms with van der Waals surface area (Å²) in [6, 6.07) is 14.8. The minimum atomic E-state index is -0.211. The van der Waals surface area contributed by atoms with Crippen LogP contribution in [0.2, 0.25) is 0 Å². The lowest BCUT2D eigenvalue weighted by Crippen LogP contribution is -2.36. The fourth-order valence-corrected chi connectivity index (χ4v) is 4.73. The molecular formula is C24H27FN4OS. The molecule has 2 heterocycles. The lowest BCUT2D eigenvalue weighted by Gasteiger charge is -2.22. The largest absolute Gasteiger partial charge is 0.341 e. The van der Waals surface area contributed by atoms with Crippen molar-refractivity contribution in [2.24, 2.45) is 0 Å². The number of aromatic nitrogens is 2. The number of nitrogens with zero attached hydrogens (tertiary/aromatic N) is 4. The molecule has 162 valence electrons. The Morgan fingerprint density at radius 3 is 2.68 bits per heavy atom. The number of benzene rings is 2. The average Bonchev–Trinajstić information content (AvgIpc) is 3.11. The molecule has 0 radical (unpaired) electrons. The van der Waals surface area contributed by atoms with Crippen molar-refractivity contribution >= 4 is 17.7 Å². The molecule has 0 spiro atoms. The van der Waals surface area contributed by atoms with E-state index in [0.717, 1.165) is 49.0 Å². The molecule has 1 aromatic heterocycles. The van der Waals surface area contributed by atoms with E-state index in [0.29, 0.717) is 12.3 Å². The topological polar surface area (TPSA) is 41.4 Å². The van der Waals surface area contributed by atoms with E-state index in [1.54, 1.807) is 6.20 Å². The molecule has 1 aliphatic heterocycles. The lowest BCUT2D eigenvalue weighted by molar-refractivity contribution is -0.128. The minimum Gasteiger partial charge on any atom is -0.341 e. The standard InChI is InChI=1S/C24H27FN4OS/c1-19-5-2-3-6-22(19)29-14-11-26-24(29)31-18-23(30)28-13-4-12-27(15-16-28)17-20-7-9-21(25)10-8-20/h2-3,5-11,14H,4,12-13,15-18H2,1H3. The van der Waals surface area contributed by atoms with Crippen molar-refractivity contribution in [3.8, 4) is 5.69 Å². The SMILES string of the molecule is Cc1ccccc1-n1ccnc1SCC(=O)N1CCCN(Cc2ccc(F)cc2)CC1. The van der Waals surface area contributed by atoms with E-state index in [2.05, 4.69) is 28.9 Å². The number of carbonyl (C=O) groups is 1. The van der Waals surface area contributed by atoms with Crippen molar-refractivity contribution in [1.29, 1.82) is 0 Å². The van der Waals surface area contributed by atoms with Gasteiger partial charge in [-0.3, -0.25) is 14.3 Å². The molecule has 0 unspecified atom stereocenters. The maximum atomic E-state index is 13.1. The second-order valence-corrected chi connectivity index (χ2v) is 8.73. The summed E-state index contributed by atoms with van der Waals surface area (Å²) in [4.78, 5) is 21.6. The van der Waals surface area contributed by atoms with Gasteiger partial charge in [0.05, 0.1) is 11.4 Å². The third kappa shape index (κ3) is 5.54. The number of hydrogen-bond acceptors (Lipinski definition) is 4. The summed E-state index contributed by atoms with van der Waals surface area (Å²) in [5, 5.41) is 0.829. The predicted octanol–water partition coefficient (Wildman–Crippen LogP) is 4.15. The van der Waals surface area contributed by atoms with Crippen LogP contribution in [0.15, 0.2) is 66.1 Å². The molecule has 31 heavy (non-hydrogen) atoms. The Labute approximate surface area is 186 Å². The van der Waals surface area contributed by atoms with Gasteiger partial charge in [0.25, 0.3) is 0 Å². The first kappa shape index (κ1) is 21.6. The third-order valence-electron chi connectivity index (χ3n) is 5.57. The summed E-state index contributed by atoms with van der Waals surface area (Å²) in [6.45, 7) is 6.10. The number of thioether (sulfide) groups is 1. The first-order chi connectivity index (χ1) is 15.1. The van der Waals surface area contributed by atoms with Crippen molar-refractivity contribution in [1.82, 2.24) is 19.4 Å². The molecule has 1 amide bonds. The number of hydrogen-bond donors (Lipinski definition) is 0. The van der Waals surface area contributed by atoms with Gasteiger partial charge >= 0.3 is 0 Å². The zero-order valence-corrected chi connectivity index (χ0v) is 18.5. The van der Waals surface area contributed by atoms with Gasteiger partial charge in [-0.2, -0.15) is 0 Å². The minimum absolute atomic E-state index is 0.146. The summed E-state index contributed by atoms with van der Waals surface area (Å²) < 4.78 is 15.2. The zero-order chi connectivity index (χ0) is 21.6. The van der Waals surface area contributed by atoms with Gasteiger partial charge < -0.3 is 4.90 Å². The van der Waals surface area contributed by atoms with E-state index in [1.165, 1.54) is 29.5 Å². The van der Waals surface area contributed by atoms with Crippen LogP contribution in [-0.2, 0) is 11.3 Å². The molecule has 1 aliphatic rings. The van der Waals surface area contributed by atoms with Crippen LogP contribution in [0.25, 0.3) is 5.69 Å². The number of aryl methyl sites for hydroxylation is 1. The second kappa shape index (κ2) is 10.1. The van der Waals surface area contributed by atoms with Crippen LogP contribution >= 0.6 is 11.8 Å². The van der Waals surface area contributed by atoms with Crippen LogP contribution in [0.5, 0.6) is 0 Å². The van der Waals surface area contributed by atoms with Crippen LogP contribution in [-0.4, -0.2) is 57.2 Å². The molecule has 0 N–H and O–H groups in total. The Morgan fingerprint density at radius 2 is 1.87 bits per heavy atom. The van der Waals surface area contributed by atoms with Crippen molar-refractivity contribution in [3.63, 3.8) is 0 Å². The van der Waals surface area contributed by atoms with Crippen molar-refractivity contribution in [2.45, 2.75) is 25.0 Å². The van der Waals surface area contributed by atoms with Crippen molar-refractivity contribution < 1.29 is 9.18 Å².